The fourth-order valence-corrected chi connectivity index (χ4v) is 0.644. The Morgan fingerprint density at radius 3 is 2.33 bits per heavy atom. The van der Waals surface area contributed by atoms with Crippen LogP contribution in [0.15, 0.2) is 24.2 Å². The van der Waals surface area contributed by atoms with Crippen molar-refractivity contribution in [2.24, 2.45) is 0 Å². The highest BCUT2D eigenvalue weighted by atomic mass is 19.3. The first-order valence-electron chi connectivity index (χ1n) is 4.06. The van der Waals surface area contributed by atoms with Gasteiger partial charge >= 0.3 is 5.97 Å². The largest absolute Gasteiger partial charge is 0.478 e. The van der Waals surface area contributed by atoms with E-state index in [0.717, 1.165) is 12.1 Å². The molecule has 1 rings (SSSR count). The van der Waals surface area contributed by atoms with Crippen molar-refractivity contribution in [3.63, 3.8) is 0 Å². The molecule has 0 atom stereocenters. The summed E-state index contributed by atoms with van der Waals surface area (Å²) < 4.78 is 38.6. The summed E-state index contributed by atoms with van der Waals surface area (Å²) in [5.41, 5.74) is -1.07. The molecule has 0 amide bonds. The second kappa shape index (κ2) is 3.30. The van der Waals surface area contributed by atoms with Crippen LogP contribution in [0.25, 0.3) is 0 Å². The van der Waals surface area contributed by atoms with Crippen molar-refractivity contribution in [1.29, 1.82) is 0 Å². The predicted molar refractivity (Wildman–Crippen MR) is 38.4 cm³/mol. The third kappa shape index (κ3) is 1.78. The van der Waals surface area contributed by atoms with Gasteiger partial charge in [-0.2, -0.15) is 0 Å². The molecule has 4 heteroatoms. The van der Waals surface area contributed by atoms with E-state index < -0.39 is 35.6 Å². The first-order chi connectivity index (χ1) is 6.43. The average Bonchev–Trinajstić information content (AvgIpc) is 2.01. The van der Waals surface area contributed by atoms with Gasteiger partial charge in [0.1, 0.15) is 0 Å². The molecule has 1 aromatic rings. The molecule has 0 saturated heterocycles. The summed E-state index contributed by atoms with van der Waals surface area (Å²) >= 11 is 0. The number of carboxylic acids is 1. The number of aromatic carboxylic acids is 1. The molecule has 64 valence electrons. The Labute approximate surface area is 70.3 Å². The third-order valence-corrected chi connectivity index (χ3v) is 1.23. The fraction of sp³-hybridized carbons (Fsp3) is 0.125. The van der Waals surface area contributed by atoms with Gasteiger partial charge < -0.3 is 5.11 Å². The van der Waals surface area contributed by atoms with Crippen molar-refractivity contribution in [2.45, 2.75) is 6.43 Å². The van der Waals surface area contributed by atoms with E-state index >= 15 is 0 Å². The fourth-order valence-electron chi connectivity index (χ4n) is 0.644. The number of carboxylic acid groups (broad SMARTS) is 1. The van der Waals surface area contributed by atoms with Crippen LogP contribution in [0.5, 0.6) is 0 Å². The normalized spacial score (nSPS) is 12.6. The summed E-state index contributed by atoms with van der Waals surface area (Å²) in [6.07, 6.45) is -2.80. The molecule has 12 heavy (non-hydrogen) atoms. The Hall–Kier alpha value is -1.45. The Bertz CT molecular complexity index is 357. The van der Waals surface area contributed by atoms with E-state index in [2.05, 4.69) is 0 Å². The van der Waals surface area contributed by atoms with E-state index in [-0.39, 0.29) is 0 Å². The van der Waals surface area contributed by atoms with Crippen LogP contribution in [0.1, 0.15) is 25.1 Å². The zero-order chi connectivity index (χ0) is 10.9. The van der Waals surface area contributed by atoms with Gasteiger partial charge in [-0.05, 0) is 12.1 Å². The van der Waals surface area contributed by atoms with Crippen molar-refractivity contribution in [1.82, 2.24) is 0 Å². The second-order valence-corrected chi connectivity index (χ2v) is 2.06. The SMILES string of the molecule is [2H]c1cc(C(F)F)cc([2H])c1C(=O)O. The third-order valence-electron chi connectivity index (χ3n) is 1.23. The molecule has 2 nitrogen and oxygen atoms in total. The predicted octanol–water partition coefficient (Wildman–Crippen LogP) is 2.32. The zero-order valence-corrected chi connectivity index (χ0v) is 5.84. The standard InChI is InChI=1S/C8H6F2O2/c9-7(10)5-1-3-6(4-2-5)8(11)12/h1-4,7H,(H,11,12)/i3D,4D. The molecule has 0 heterocycles. The minimum atomic E-state index is -2.80. The van der Waals surface area contributed by atoms with Crippen molar-refractivity contribution in [3.8, 4) is 0 Å². The molecule has 1 N–H and O–H groups in total. The van der Waals surface area contributed by atoms with Crippen LogP contribution in [0.3, 0.4) is 0 Å². The van der Waals surface area contributed by atoms with Crippen LogP contribution in [-0.4, -0.2) is 11.1 Å². The first kappa shape index (κ1) is 6.11. The smallest absolute Gasteiger partial charge is 0.335 e. The lowest BCUT2D eigenvalue weighted by Crippen LogP contribution is -1.95. The maximum absolute atomic E-state index is 12.1. The van der Waals surface area contributed by atoms with Crippen LogP contribution in [0.4, 0.5) is 8.78 Å². The first-order valence-corrected chi connectivity index (χ1v) is 3.06. The Kier molecular flexibility index (Phi) is 1.68. The number of rotatable bonds is 2. The quantitative estimate of drug-likeness (QED) is 0.747. The maximum Gasteiger partial charge on any atom is 0.335 e. The molecular formula is C8H6F2O2. The Morgan fingerprint density at radius 1 is 1.50 bits per heavy atom. The average molecular weight is 174 g/mol. The number of alkyl halides is 2. The second-order valence-electron chi connectivity index (χ2n) is 2.06. The Balaban J connectivity index is 3.32. The highest BCUT2D eigenvalue weighted by molar-refractivity contribution is 5.87. The summed E-state index contributed by atoms with van der Waals surface area (Å²) in [4.78, 5) is 10.5. The highest BCUT2D eigenvalue weighted by Crippen LogP contribution is 2.18. The van der Waals surface area contributed by atoms with E-state index in [1.165, 1.54) is 0 Å². The van der Waals surface area contributed by atoms with Gasteiger partial charge in [0.05, 0.1) is 8.30 Å². The molecule has 0 aliphatic rings. The lowest BCUT2D eigenvalue weighted by atomic mass is 10.1. The molecule has 0 fully saturated rings. The van der Waals surface area contributed by atoms with E-state index in [4.69, 9.17) is 7.85 Å². The minimum absolute atomic E-state index is 0.509. The van der Waals surface area contributed by atoms with Gasteiger partial charge in [0.25, 0.3) is 6.43 Å². The van der Waals surface area contributed by atoms with Gasteiger partial charge in [-0.25, -0.2) is 13.6 Å². The van der Waals surface area contributed by atoms with Crippen LogP contribution < -0.4 is 0 Å². The number of hydrogen-bond acceptors (Lipinski definition) is 1. The number of carbonyl (C=O) groups is 1. The van der Waals surface area contributed by atoms with Crippen molar-refractivity contribution >= 4 is 5.97 Å². The monoisotopic (exact) mass is 174 g/mol. The van der Waals surface area contributed by atoms with Crippen LogP contribution >= 0.6 is 0 Å². The molecule has 0 radical (unpaired) electrons. The summed E-state index contributed by atoms with van der Waals surface area (Å²) in [5.74, 6) is -1.46. The highest BCUT2D eigenvalue weighted by Gasteiger charge is 2.07. The molecule has 0 saturated carbocycles. The van der Waals surface area contributed by atoms with Crippen molar-refractivity contribution in [3.05, 3.63) is 35.3 Å². The molecule has 0 unspecified atom stereocenters. The molecule has 0 bridgehead atoms. The summed E-state index contributed by atoms with van der Waals surface area (Å²) in [7, 11) is 0. The minimum Gasteiger partial charge on any atom is -0.478 e. The maximum atomic E-state index is 12.1. The number of benzene rings is 1. The summed E-state index contributed by atoms with van der Waals surface area (Å²) in [6.45, 7) is 0. The molecule has 0 spiro atoms. The molecule has 1 aromatic carbocycles. The molecule has 0 aromatic heterocycles. The summed E-state index contributed by atoms with van der Waals surface area (Å²) in [5, 5.41) is 8.55. The van der Waals surface area contributed by atoms with Crippen molar-refractivity contribution in [2.75, 3.05) is 0 Å². The lowest BCUT2D eigenvalue weighted by Gasteiger charge is -1.98. The molecule has 0 aliphatic heterocycles. The zero-order valence-electron chi connectivity index (χ0n) is 7.84. The van der Waals surface area contributed by atoms with Crippen molar-refractivity contribution < 1.29 is 21.4 Å². The van der Waals surface area contributed by atoms with E-state index in [9.17, 15) is 13.6 Å². The van der Waals surface area contributed by atoms with E-state index in [0.29, 0.717) is 0 Å². The van der Waals surface area contributed by atoms with E-state index in [1.807, 2.05) is 0 Å². The van der Waals surface area contributed by atoms with Gasteiger partial charge in [0.15, 0.2) is 0 Å². The van der Waals surface area contributed by atoms with Crippen LogP contribution in [0.2, 0.25) is 0 Å². The van der Waals surface area contributed by atoms with Crippen LogP contribution in [0, 0.1) is 0 Å². The van der Waals surface area contributed by atoms with E-state index in [1.54, 1.807) is 0 Å². The van der Waals surface area contributed by atoms with Gasteiger partial charge in [0, 0.05) is 5.56 Å². The topological polar surface area (TPSA) is 37.3 Å². The van der Waals surface area contributed by atoms with Gasteiger partial charge in [-0.3, -0.25) is 0 Å². The van der Waals surface area contributed by atoms with Crippen LogP contribution in [-0.2, 0) is 0 Å². The van der Waals surface area contributed by atoms with Gasteiger partial charge in [-0.15, -0.1) is 0 Å². The van der Waals surface area contributed by atoms with Gasteiger partial charge in [0.2, 0.25) is 0 Å². The Morgan fingerprint density at radius 2 is 2.00 bits per heavy atom. The summed E-state index contributed by atoms with van der Waals surface area (Å²) in [6, 6.07) is 0.374. The van der Waals surface area contributed by atoms with Gasteiger partial charge in [-0.1, -0.05) is 12.1 Å². The molecule has 0 aliphatic carbocycles. The lowest BCUT2D eigenvalue weighted by molar-refractivity contribution is 0.0696. The number of halogens is 2. The molecular weight excluding hydrogens is 166 g/mol. The number of hydrogen-bond donors (Lipinski definition) is 1.